The van der Waals surface area contributed by atoms with Crippen LogP contribution in [0.2, 0.25) is 0 Å². The van der Waals surface area contributed by atoms with Gasteiger partial charge in [0.15, 0.2) is 0 Å². The molecule has 0 unspecified atom stereocenters. The van der Waals surface area contributed by atoms with Crippen molar-refractivity contribution >= 4 is 44.5 Å². The Labute approximate surface area is 127 Å². The summed E-state index contributed by atoms with van der Waals surface area (Å²) in [7, 11) is 0. The van der Waals surface area contributed by atoms with Gasteiger partial charge >= 0.3 is 0 Å². The van der Waals surface area contributed by atoms with Crippen LogP contribution in [0.15, 0.2) is 40.9 Å². The first-order chi connectivity index (χ1) is 8.95. The van der Waals surface area contributed by atoms with E-state index in [1.807, 2.05) is 18.2 Å². The summed E-state index contributed by atoms with van der Waals surface area (Å²) in [6.45, 7) is 4.17. The molecule has 0 spiro atoms. The Morgan fingerprint density at radius 1 is 1.11 bits per heavy atom. The molecule has 98 valence electrons. The van der Waals surface area contributed by atoms with Crippen LogP contribution in [0.25, 0.3) is 0 Å². The van der Waals surface area contributed by atoms with E-state index in [4.69, 9.17) is 18.0 Å². The van der Waals surface area contributed by atoms with E-state index in [9.17, 15) is 0 Å². The smallest absolute Gasteiger partial charge is 0.104 e. The molecule has 0 fully saturated rings. The SMILES string of the molecule is Cc1cc(C)cc(Nc2ccc(C(N)=S)cc2Br)c1. The Morgan fingerprint density at radius 3 is 2.26 bits per heavy atom. The number of hydrogen-bond donors (Lipinski definition) is 2. The Kier molecular flexibility index (Phi) is 4.22. The summed E-state index contributed by atoms with van der Waals surface area (Å²) >= 11 is 8.50. The Balaban J connectivity index is 2.30. The fraction of sp³-hybridized carbons (Fsp3) is 0.133. The van der Waals surface area contributed by atoms with Crippen LogP contribution in [-0.4, -0.2) is 4.99 Å². The van der Waals surface area contributed by atoms with Gasteiger partial charge in [-0.25, -0.2) is 0 Å². The molecule has 0 amide bonds. The standard InChI is InChI=1S/C15H15BrN2S/c1-9-5-10(2)7-12(6-9)18-14-4-3-11(15(17)19)8-13(14)16/h3-8,18H,1-2H3,(H2,17,19). The van der Waals surface area contributed by atoms with Crippen molar-refractivity contribution in [3.8, 4) is 0 Å². The molecule has 0 heterocycles. The van der Waals surface area contributed by atoms with E-state index in [1.54, 1.807) is 0 Å². The van der Waals surface area contributed by atoms with Gasteiger partial charge in [0, 0.05) is 15.7 Å². The number of nitrogens with one attached hydrogen (secondary N) is 1. The highest BCUT2D eigenvalue weighted by Crippen LogP contribution is 2.27. The zero-order valence-corrected chi connectivity index (χ0v) is 13.2. The third-order valence-corrected chi connectivity index (χ3v) is 3.65. The third kappa shape index (κ3) is 3.55. The summed E-state index contributed by atoms with van der Waals surface area (Å²) < 4.78 is 0.942. The van der Waals surface area contributed by atoms with Gasteiger partial charge in [0.2, 0.25) is 0 Å². The third-order valence-electron chi connectivity index (χ3n) is 2.75. The number of hydrogen-bond acceptors (Lipinski definition) is 2. The minimum absolute atomic E-state index is 0.402. The summed E-state index contributed by atoms with van der Waals surface area (Å²) in [4.78, 5) is 0.402. The second-order valence-corrected chi connectivity index (χ2v) is 5.85. The Hall–Kier alpha value is -1.39. The number of thiocarbonyl (C=S) groups is 1. The first-order valence-corrected chi connectivity index (χ1v) is 7.10. The zero-order chi connectivity index (χ0) is 14.0. The van der Waals surface area contributed by atoms with Gasteiger partial charge in [0.25, 0.3) is 0 Å². The molecule has 0 atom stereocenters. The number of rotatable bonds is 3. The highest BCUT2D eigenvalue weighted by Gasteiger charge is 2.04. The lowest BCUT2D eigenvalue weighted by molar-refractivity contribution is 1.37. The predicted octanol–water partition coefficient (Wildman–Crippen LogP) is 4.44. The van der Waals surface area contributed by atoms with Crippen molar-refractivity contribution in [3.05, 3.63) is 57.6 Å². The molecule has 0 radical (unpaired) electrons. The van der Waals surface area contributed by atoms with Crippen LogP contribution < -0.4 is 11.1 Å². The molecule has 0 aliphatic carbocycles. The van der Waals surface area contributed by atoms with Crippen molar-refractivity contribution in [2.75, 3.05) is 5.32 Å². The summed E-state index contributed by atoms with van der Waals surface area (Å²) in [6.07, 6.45) is 0. The lowest BCUT2D eigenvalue weighted by atomic mass is 10.1. The van der Waals surface area contributed by atoms with Crippen molar-refractivity contribution in [3.63, 3.8) is 0 Å². The van der Waals surface area contributed by atoms with Crippen molar-refractivity contribution < 1.29 is 0 Å². The number of halogens is 1. The molecular weight excluding hydrogens is 320 g/mol. The van der Waals surface area contributed by atoms with E-state index in [-0.39, 0.29) is 0 Å². The lowest BCUT2D eigenvalue weighted by Crippen LogP contribution is -2.09. The van der Waals surface area contributed by atoms with Crippen LogP contribution in [0.5, 0.6) is 0 Å². The minimum atomic E-state index is 0.402. The topological polar surface area (TPSA) is 38.0 Å². The highest BCUT2D eigenvalue weighted by molar-refractivity contribution is 9.10. The maximum Gasteiger partial charge on any atom is 0.104 e. The maximum absolute atomic E-state index is 5.62. The van der Waals surface area contributed by atoms with Crippen LogP contribution in [-0.2, 0) is 0 Å². The average molecular weight is 335 g/mol. The molecule has 0 bridgehead atoms. The first kappa shape index (κ1) is 14.0. The van der Waals surface area contributed by atoms with Gasteiger partial charge in [-0.3, -0.25) is 0 Å². The summed E-state index contributed by atoms with van der Waals surface area (Å²) in [5, 5.41) is 3.39. The fourth-order valence-electron chi connectivity index (χ4n) is 1.97. The van der Waals surface area contributed by atoms with Crippen molar-refractivity contribution in [1.82, 2.24) is 0 Å². The molecule has 19 heavy (non-hydrogen) atoms. The number of anilines is 2. The van der Waals surface area contributed by atoms with Gasteiger partial charge in [0.1, 0.15) is 4.99 Å². The summed E-state index contributed by atoms with van der Waals surface area (Å²) in [5.41, 5.74) is 11.0. The van der Waals surface area contributed by atoms with Crippen LogP contribution in [0.1, 0.15) is 16.7 Å². The highest BCUT2D eigenvalue weighted by atomic mass is 79.9. The molecule has 0 aliphatic heterocycles. The van der Waals surface area contributed by atoms with Crippen LogP contribution in [0, 0.1) is 13.8 Å². The fourth-order valence-corrected chi connectivity index (χ4v) is 2.58. The van der Waals surface area contributed by atoms with Crippen molar-refractivity contribution in [1.29, 1.82) is 0 Å². The molecule has 0 saturated heterocycles. The van der Waals surface area contributed by atoms with Crippen LogP contribution in [0.3, 0.4) is 0 Å². The zero-order valence-electron chi connectivity index (χ0n) is 10.8. The van der Waals surface area contributed by atoms with Gasteiger partial charge in [-0.1, -0.05) is 18.3 Å². The quantitative estimate of drug-likeness (QED) is 0.814. The van der Waals surface area contributed by atoms with Gasteiger partial charge in [0.05, 0.1) is 5.69 Å². The van der Waals surface area contributed by atoms with Crippen LogP contribution in [0.4, 0.5) is 11.4 Å². The molecule has 4 heteroatoms. The van der Waals surface area contributed by atoms with Crippen molar-refractivity contribution in [2.24, 2.45) is 5.73 Å². The van der Waals surface area contributed by atoms with E-state index in [1.165, 1.54) is 11.1 Å². The number of benzene rings is 2. The van der Waals surface area contributed by atoms with Crippen molar-refractivity contribution in [2.45, 2.75) is 13.8 Å². The monoisotopic (exact) mass is 334 g/mol. The Morgan fingerprint density at radius 2 is 1.74 bits per heavy atom. The lowest BCUT2D eigenvalue weighted by Gasteiger charge is -2.11. The first-order valence-electron chi connectivity index (χ1n) is 5.90. The average Bonchev–Trinajstić information content (AvgIpc) is 2.30. The van der Waals surface area contributed by atoms with Crippen LogP contribution >= 0.6 is 28.1 Å². The molecule has 3 N–H and O–H groups in total. The molecule has 2 aromatic rings. The number of aryl methyl sites for hydroxylation is 2. The Bertz CT molecular complexity index is 618. The molecule has 2 nitrogen and oxygen atoms in total. The molecule has 0 saturated carbocycles. The minimum Gasteiger partial charge on any atom is -0.389 e. The van der Waals surface area contributed by atoms with E-state index >= 15 is 0 Å². The summed E-state index contributed by atoms with van der Waals surface area (Å²) in [5.74, 6) is 0. The summed E-state index contributed by atoms with van der Waals surface area (Å²) in [6, 6.07) is 12.2. The molecule has 2 rings (SSSR count). The van der Waals surface area contributed by atoms with E-state index in [0.717, 1.165) is 21.4 Å². The second kappa shape index (κ2) is 5.72. The van der Waals surface area contributed by atoms with E-state index in [2.05, 4.69) is 53.3 Å². The molecule has 2 aromatic carbocycles. The number of nitrogens with two attached hydrogens (primary N) is 1. The normalized spacial score (nSPS) is 10.3. The largest absolute Gasteiger partial charge is 0.389 e. The second-order valence-electron chi connectivity index (χ2n) is 4.56. The van der Waals surface area contributed by atoms with Gasteiger partial charge in [-0.2, -0.15) is 0 Å². The van der Waals surface area contributed by atoms with Gasteiger partial charge < -0.3 is 11.1 Å². The van der Waals surface area contributed by atoms with Gasteiger partial charge in [-0.05, 0) is 71.2 Å². The predicted molar refractivity (Wildman–Crippen MR) is 89.2 cm³/mol. The van der Waals surface area contributed by atoms with Gasteiger partial charge in [-0.15, -0.1) is 0 Å². The molecule has 0 aromatic heterocycles. The maximum atomic E-state index is 5.62. The van der Waals surface area contributed by atoms with E-state index < -0.39 is 0 Å². The van der Waals surface area contributed by atoms with E-state index in [0.29, 0.717) is 4.99 Å². The molecule has 0 aliphatic rings. The molecular formula is C15H15BrN2S.